The van der Waals surface area contributed by atoms with E-state index >= 15 is 0 Å². The van der Waals surface area contributed by atoms with Gasteiger partial charge in [0.05, 0.1) is 7.11 Å². The van der Waals surface area contributed by atoms with E-state index in [9.17, 15) is 18.0 Å². The summed E-state index contributed by atoms with van der Waals surface area (Å²) in [5.41, 5.74) is 6.56. The summed E-state index contributed by atoms with van der Waals surface area (Å²) >= 11 is 0. The number of nitrogens with one attached hydrogen (secondary N) is 2. The largest absolute Gasteiger partial charge is 0.495 e. The number of ether oxygens (including phenoxy) is 1. The second-order valence-electron chi connectivity index (χ2n) is 6.02. The molecule has 0 bridgehead atoms. The summed E-state index contributed by atoms with van der Waals surface area (Å²) in [6.45, 7) is 0.220. The van der Waals surface area contributed by atoms with Crippen LogP contribution in [0.15, 0.2) is 47.4 Å². The van der Waals surface area contributed by atoms with Crippen LogP contribution in [0.4, 0.5) is 10.5 Å². The van der Waals surface area contributed by atoms with Crippen LogP contribution in [0.5, 0.6) is 5.75 Å². The van der Waals surface area contributed by atoms with Crippen molar-refractivity contribution in [3.05, 3.63) is 53.6 Å². The lowest BCUT2D eigenvalue weighted by Gasteiger charge is -2.15. The molecule has 0 saturated carbocycles. The molecule has 9 nitrogen and oxygen atoms in total. The zero-order valence-electron chi connectivity index (χ0n) is 15.7. The number of nitrogens with zero attached hydrogens (tertiary/aromatic N) is 1. The summed E-state index contributed by atoms with van der Waals surface area (Å²) in [6, 6.07) is 10.3. The van der Waals surface area contributed by atoms with Crippen molar-refractivity contribution in [2.45, 2.75) is 11.4 Å². The van der Waals surface area contributed by atoms with Gasteiger partial charge in [-0.2, -0.15) is 0 Å². The molecule has 150 valence electrons. The highest BCUT2D eigenvalue weighted by Gasteiger charge is 2.23. The van der Waals surface area contributed by atoms with Gasteiger partial charge in [0.2, 0.25) is 10.0 Å². The number of anilines is 1. The molecule has 10 heteroatoms. The fourth-order valence-corrected chi connectivity index (χ4v) is 3.42. The predicted molar refractivity (Wildman–Crippen MR) is 105 cm³/mol. The Morgan fingerprint density at radius 1 is 1.11 bits per heavy atom. The van der Waals surface area contributed by atoms with Crippen LogP contribution in [-0.4, -0.2) is 45.9 Å². The molecule has 0 aliphatic carbocycles. The molecule has 0 aromatic heterocycles. The summed E-state index contributed by atoms with van der Waals surface area (Å²) in [5, 5.41) is 5.16. The van der Waals surface area contributed by atoms with E-state index < -0.39 is 22.0 Å². The van der Waals surface area contributed by atoms with Crippen molar-refractivity contribution in [3.63, 3.8) is 0 Å². The van der Waals surface area contributed by atoms with Gasteiger partial charge in [-0.15, -0.1) is 0 Å². The van der Waals surface area contributed by atoms with Gasteiger partial charge in [0.25, 0.3) is 5.91 Å². The van der Waals surface area contributed by atoms with E-state index in [1.54, 1.807) is 24.3 Å². The van der Waals surface area contributed by atoms with Crippen LogP contribution in [0.3, 0.4) is 0 Å². The second-order valence-corrected chi connectivity index (χ2v) is 8.14. The molecule has 0 saturated heterocycles. The third-order valence-corrected chi connectivity index (χ3v) is 5.70. The summed E-state index contributed by atoms with van der Waals surface area (Å²) in [4.78, 5) is 23.2. The number of carbonyl (C=O) groups is 2. The Balaban J connectivity index is 2.15. The third kappa shape index (κ3) is 4.99. The molecule has 3 amide bonds. The second kappa shape index (κ2) is 8.72. The Bertz CT molecular complexity index is 972. The first-order valence-electron chi connectivity index (χ1n) is 8.19. The van der Waals surface area contributed by atoms with Gasteiger partial charge in [0, 0.05) is 31.9 Å². The predicted octanol–water partition coefficient (Wildman–Crippen LogP) is 1.37. The van der Waals surface area contributed by atoms with Crippen LogP contribution in [-0.2, 0) is 16.6 Å². The van der Waals surface area contributed by atoms with Crippen molar-refractivity contribution < 1.29 is 22.7 Å². The van der Waals surface area contributed by atoms with Gasteiger partial charge in [-0.3, -0.25) is 4.79 Å². The maximum atomic E-state index is 12.4. The minimum atomic E-state index is -3.77. The van der Waals surface area contributed by atoms with Crippen LogP contribution in [0.2, 0.25) is 0 Å². The molecule has 0 aliphatic heterocycles. The Labute approximate surface area is 163 Å². The van der Waals surface area contributed by atoms with Gasteiger partial charge in [0.15, 0.2) is 0 Å². The van der Waals surface area contributed by atoms with Crippen molar-refractivity contribution in [2.75, 3.05) is 26.5 Å². The number of hydrogen-bond acceptors (Lipinski definition) is 5. The standard InChI is InChI=1S/C18H22N4O5S/c1-22(2)28(25,26)16-10-13(6-9-15(16)27-3)17(23)20-11-12-4-7-14(8-5-12)21-18(19)24/h4-10H,11H2,1-3H3,(H,20,23)(H3,19,21,24). The lowest BCUT2D eigenvalue weighted by atomic mass is 10.1. The number of amides is 3. The van der Waals surface area contributed by atoms with Crippen LogP contribution in [0.25, 0.3) is 0 Å². The van der Waals surface area contributed by atoms with Crippen LogP contribution in [0.1, 0.15) is 15.9 Å². The highest BCUT2D eigenvalue weighted by Crippen LogP contribution is 2.26. The number of urea groups is 1. The number of sulfonamides is 1. The molecule has 2 aromatic rings. The van der Waals surface area contributed by atoms with Crippen molar-refractivity contribution in [1.82, 2.24) is 9.62 Å². The Kier molecular flexibility index (Phi) is 6.60. The summed E-state index contributed by atoms with van der Waals surface area (Å²) in [5.74, 6) is -0.278. The normalized spacial score (nSPS) is 11.1. The van der Waals surface area contributed by atoms with Crippen LogP contribution in [0, 0.1) is 0 Å². The van der Waals surface area contributed by atoms with Gasteiger partial charge in [-0.05, 0) is 35.9 Å². The van der Waals surface area contributed by atoms with Gasteiger partial charge in [-0.25, -0.2) is 17.5 Å². The fraction of sp³-hybridized carbons (Fsp3) is 0.222. The average Bonchev–Trinajstić information content (AvgIpc) is 2.66. The number of nitrogens with two attached hydrogens (primary N) is 1. The first-order valence-corrected chi connectivity index (χ1v) is 9.63. The Morgan fingerprint density at radius 2 is 1.75 bits per heavy atom. The van der Waals surface area contributed by atoms with E-state index in [4.69, 9.17) is 10.5 Å². The highest BCUT2D eigenvalue weighted by atomic mass is 32.2. The van der Waals surface area contributed by atoms with Crippen molar-refractivity contribution in [2.24, 2.45) is 5.73 Å². The molecule has 2 aromatic carbocycles. The minimum absolute atomic E-state index is 0.0884. The fourth-order valence-electron chi connectivity index (χ4n) is 2.35. The molecule has 4 N–H and O–H groups in total. The first kappa shape index (κ1) is 21.2. The molecule has 2 rings (SSSR count). The third-order valence-electron chi connectivity index (χ3n) is 3.86. The molecule has 0 atom stereocenters. The first-order chi connectivity index (χ1) is 13.1. The zero-order valence-corrected chi connectivity index (χ0v) is 16.5. The van der Waals surface area contributed by atoms with E-state index in [1.165, 1.54) is 39.4 Å². The lowest BCUT2D eigenvalue weighted by molar-refractivity contribution is 0.0950. The quantitative estimate of drug-likeness (QED) is 0.639. The number of primary amides is 1. The minimum Gasteiger partial charge on any atom is -0.495 e. The SMILES string of the molecule is COc1ccc(C(=O)NCc2ccc(NC(N)=O)cc2)cc1S(=O)(=O)N(C)C. The maximum absolute atomic E-state index is 12.4. The molecule has 0 fully saturated rings. The topological polar surface area (TPSA) is 131 Å². The van der Waals surface area contributed by atoms with Gasteiger partial charge >= 0.3 is 6.03 Å². The summed E-state index contributed by atoms with van der Waals surface area (Å²) in [7, 11) is 0.390. The number of benzene rings is 2. The van der Waals surface area contributed by atoms with E-state index in [1.807, 2.05) is 0 Å². The summed E-state index contributed by atoms with van der Waals surface area (Å²) in [6.07, 6.45) is 0. The van der Waals surface area contributed by atoms with Crippen molar-refractivity contribution in [3.8, 4) is 5.75 Å². The lowest BCUT2D eigenvalue weighted by Crippen LogP contribution is -2.25. The van der Waals surface area contributed by atoms with Crippen LogP contribution >= 0.6 is 0 Å². The number of methoxy groups -OCH3 is 1. The molecule has 0 radical (unpaired) electrons. The number of rotatable bonds is 7. The van der Waals surface area contributed by atoms with E-state index in [0.29, 0.717) is 5.69 Å². The van der Waals surface area contributed by atoms with Crippen molar-refractivity contribution >= 4 is 27.6 Å². The molecule has 0 aliphatic rings. The number of hydrogen-bond donors (Lipinski definition) is 3. The summed E-state index contributed by atoms with van der Waals surface area (Å²) < 4.78 is 31.1. The smallest absolute Gasteiger partial charge is 0.316 e. The Hall–Kier alpha value is -3.11. The molecular formula is C18H22N4O5S. The van der Waals surface area contributed by atoms with Gasteiger partial charge in [-0.1, -0.05) is 12.1 Å². The highest BCUT2D eigenvalue weighted by molar-refractivity contribution is 7.89. The van der Waals surface area contributed by atoms with Crippen molar-refractivity contribution in [1.29, 1.82) is 0 Å². The molecule has 0 spiro atoms. The molecular weight excluding hydrogens is 384 g/mol. The average molecular weight is 406 g/mol. The Morgan fingerprint density at radius 3 is 2.29 bits per heavy atom. The van der Waals surface area contributed by atoms with Gasteiger partial charge < -0.3 is 21.1 Å². The van der Waals surface area contributed by atoms with E-state index in [-0.39, 0.29) is 22.8 Å². The maximum Gasteiger partial charge on any atom is 0.316 e. The van der Waals surface area contributed by atoms with E-state index in [0.717, 1.165) is 9.87 Å². The van der Waals surface area contributed by atoms with Gasteiger partial charge in [0.1, 0.15) is 10.6 Å². The zero-order chi connectivity index (χ0) is 20.9. The molecule has 0 heterocycles. The molecule has 28 heavy (non-hydrogen) atoms. The van der Waals surface area contributed by atoms with Crippen LogP contribution < -0.4 is 21.1 Å². The van der Waals surface area contributed by atoms with E-state index in [2.05, 4.69) is 10.6 Å². The number of carbonyl (C=O) groups excluding carboxylic acids is 2. The monoisotopic (exact) mass is 406 g/mol. The molecule has 0 unspecified atom stereocenters.